The molecule has 2 aromatic rings. The summed E-state index contributed by atoms with van der Waals surface area (Å²) in [6, 6.07) is 13.5. The molecule has 0 amide bonds. The SMILES string of the molecule is CCOC1(OCC)CC2c3ccc(C)cc3C1c1cccc[n+]12.[O-][Cl+3]([O-])([O-])[O-]. The van der Waals surface area contributed by atoms with E-state index in [0.717, 1.165) is 6.42 Å². The molecule has 28 heavy (non-hydrogen) atoms. The Morgan fingerprint density at radius 3 is 2.29 bits per heavy atom. The summed E-state index contributed by atoms with van der Waals surface area (Å²) in [6.07, 6.45) is 3.06. The van der Waals surface area contributed by atoms with E-state index in [-0.39, 0.29) is 12.0 Å². The molecule has 1 aromatic heterocycles. The Morgan fingerprint density at radius 2 is 1.68 bits per heavy atom. The molecule has 3 heterocycles. The minimum Gasteiger partial charge on any atom is -0.349 e. The molecule has 3 aliphatic rings. The molecular weight excluding hydrogens is 386 g/mol. The molecule has 5 rings (SSSR count). The molecule has 7 nitrogen and oxygen atoms in total. The summed E-state index contributed by atoms with van der Waals surface area (Å²) in [5.41, 5.74) is 5.37. The van der Waals surface area contributed by atoms with Gasteiger partial charge in [-0.2, -0.15) is 4.57 Å². The average molecular weight is 410 g/mol. The van der Waals surface area contributed by atoms with E-state index in [4.69, 9.17) is 28.1 Å². The van der Waals surface area contributed by atoms with E-state index < -0.39 is 16.0 Å². The maximum absolute atomic E-state index is 8.49. The lowest BCUT2D eigenvalue weighted by Gasteiger charge is -2.48. The van der Waals surface area contributed by atoms with E-state index in [2.05, 4.69) is 67.9 Å². The minimum absolute atomic E-state index is 0.128. The number of rotatable bonds is 4. The number of aromatic nitrogens is 1. The number of nitrogens with zero attached hydrogens (tertiary/aromatic N) is 1. The van der Waals surface area contributed by atoms with E-state index >= 15 is 0 Å². The van der Waals surface area contributed by atoms with E-state index in [0.29, 0.717) is 13.2 Å². The Bertz CT molecular complexity index is 826. The van der Waals surface area contributed by atoms with E-state index in [9.17, 15) is 0 Å². The molecule has 152 valence electrons. The maximum atomic E-state index is 8.49. The summed E-state index contributed by atoms with van der Waals surface area (Å²) in [5.74, 6) is -0.417. The molecule has 8 heteroatoms. The van der Waals surface area contributed by atoms with Crippen molar-refractivity contribution in [3.05, 3.63) is 65.0 Å². The fraction of sp³-hybridized carbons (Fsp3) is 0.450. The van der Waals surface area contributed by atoms with Gasteiger partial charge in [-0.15, -0.1) is 10.2 Å². The van der Waals surface area contributed by atoms with Crippen molar-refractivity contribution in [1.29, 1.82) is 0 Å². The van der Waals surface area contributed by atoms with Gasteiger partial charge in [0.25, 0.3) is 0 Å². The second kappa shape index (κ2) is 8.04. The molecule has 0 N–H and O–H groups in total. The van der Waals surface area contributed by atoms with Crippen molar-refractivity contribution in [1.82, 2.24) is 0 Å². The van der Waals surface area contributed by atoms with Crippen molar-refractivity contribution in [3.8, 4) is 0 Å². The summed E-state index contributed by atoms with van der Waals surface area (Å²) < 4.78 is 48.9. The number of halogens is 1. The first-order chi connectivity index (χ1) is 13.2. The van der Waals surface area contributed by atoms with Crippen LogP contribution in [-0.4, -0.2) is 19.0 Å². The lowest BCUT2D eigenvalue weighted by molar-refractivity contribution is -2.00. The van der Waals surface area contributed by atoms with Crippen LogP contribution >= 0.6 is 0 Å². The highest BCUT2D eigenvalue weighted by molar-refractivity contribution is 5.45. The van der Waals surface area contributed by atoms with Gasteiger partial charge < -0.3 is 9.47 Å². The van der Waals surface area contributed by atoms with Gasteiger partial charge in [0, 0.05) is 30.9 Å². The molecule has 0 radical (unpaired) electrons. The van der Waals surface area contributed by atoms with Crippen LogP contribution in [0.2, 0.25) is 0 Å². The van der Waals surface area contributed by atoms with Gasteiger partial charge in [0.1, 0.15) is 5.92 Å². The Labute approximate surface area is 166 Å². The van der Waals surface area contributed by atoms with E-state index in [1.807, 2.05) is 0 Å². The maximum Gasteiger partial charge on any atom is 0.194 e. The van der Waals surface area contributed by atoms with Gasteiger partial charge in [0.15, 0.2) is 23.7 Å². The monoisotopic (exact) mass is 409 g/mol. The number of pyridine rings is 1. The third-order valence-corrected chi connectivity index (χ3v) is 5.16. The van der Waals surface area contributed by atoms with Crippen molar-refractivity contribution in [3.63, 3.8) is 0 Å². The molecule has 2 aliphatic heterocycles. The van der Waals surface area contributed by atoms with Crippen LogP contribution in [0.1, 0.15) is 54.6 Å². The van der Waals surface area contributed by atoms with Crippen molar-refractivity contribution in [2.75, 3.05) is 13.2 Å². The van der Waals surface area contributed by atoms with Crippen LogP contribution < -0.4 is 23.2 Å². The average Bonchev–Trinajstić information content (AvgIpc) is 2.60. The summed E-state index contributed by atoms with van der Waals surface area (Å²) in [4.78, 5) is 0. The standard InChI is InChI=1S/C20H24NO2.ClHO4/c1-4-22-20(23-5-2)13-18-15-10-9-14(3)12-16(15)19(20)17-8-6-7-11-21(17)18;2-1(3,4)5/h6-12,18-19H,4-5,13H2,1-3H3;(H,2,3,4,5)/q+1;/p-1. The second-order valence-corrected chi connectivity index (χ2v) is 7.63. The molecule has 2 atom stereocenters. The fourth-order valence-corrected chi connectivity index (χ4v) is 4.43. The van der Waals surface area contributed by atoms with Gasteiger partial charge in [0.05, 0.1) is 6.42 Å². The zero-order valence-electron chi connectivity index (χ0n) is 16.1. The van der Waals surface area contributed by atoms with E-state index in [1.165, 1.54) is 22.4 Å². The zero-order chi connectivity index (χ0) is 20.5. The Kier molecular flexibility index (Phi) is 6.07. The minimum atomic E-state index is -4.94. The molecule has 2 unspecified atom stereocenters. The van der Waals surface area contributed by atoms with Crippen LogP contribution in [0.5, 0.6) is 0 Å². The topological polar surface area (TPSA) is 115 Å². The van der Waals surface area contributed by atoms with Crippen molar-refractivity contribution in [2.45, 2.75) is 44.9 Å². The highest BCUT2D eigenvalue weighted by atomic mass is 35.7. The smallest absolute Gasteiger partial charge is 0.194 e. The van der Waals surface area contributed by atoms with Gasteiger partial charge in [-0.25, -0.2) is 18.6 Å². The molecule has 0 fully saturated rings. The first kappa shape index (κ1) is 21.1. The first-order valence-corrected chi connectivity index (χ1v) is 10.4. The van der Waals surface area contributed by atoms with Crippen LogP contribution in [0.25, 0.3) is 0 Å². The number of hydrogen-bond donors (Lipinski definition) is 0. The van der Waals surface area contributed by atoms with Crippen molar-refractivity contribution >= 4 is 0 Å². The quantitative estimate of drug-likeness (QED) is 0.459. The molecule has 0 spiro atoms. The van der Waals surface area contributed by atoms with Crippen LogP contribution in [-0.2, 0) is 9.47 Å². The molecule has 1 aliphatic carbocycles. The molecule has 1 aromatic carbocycles. The van der Waals surface area contributed by atoms with Gasteiger partial charge in [-0.05, 0) is 26.3 Å². The summed E-state index contributed by atoms with van der Waals surface area (Å²) >= 11 is 0. The number of hydrogen-bond acceptors (Lipinski definition) is 6. The summed E-state index contributed by atoms with van der Waals surface area (Å²) in [5, 5.41) is 0. The molecule has 2 bridgehead atoms. The zero-order valence-corrected chi connectivity index (χ0v) is 16.8. The van der Waals surface area contributed by atoms with Crippen molar-refractivity contribution < 1.29 is 42.9 Å². The Balaban J connectivity index is 0.000000403. The lowest BCUT2D eigenvalue weighted by atomic mass is 9.69. The van der Waals surface area contributed by atoms with Gasteiger partial charge in [-0.3, -0.25) is 0 Å². The largest absolute Gasteiger partial charge is 0.349 e. The van der Waals surface area contributed by atoms with Gasteiger partial charge in [-0.1, -0.05) is 29.8 Å². The molecule has 0 saturated carbocycles. The van der Waals surface area contributed by atoms with Crippen LogP contribution in [0.15, 0.2) is 42.6 Å². The highest BCUT2D eigenvalue weighted by Crippen LogP contribution is 2.52. The number of fused-ring (bicyclic) bond motifs is 1. The van der Waals surface area contributed by atoms with Gasteiger partial charge in [0.2, 0.25) is 0 Å². The van der Waals surface area contributed by atoms with E-state index in [1.54, 1.807) is 0 Å². The number of benzene rings is 1. The van der Waals surface area contributed by atoms with Crippen LogP contribution in [0.4, 0.5) is 0 Å². The summed E-state index contributed by atoms with van der Waals surface area (Å²) in [6.45, 7) is 7.59. The van der Waals surface area contributed by atoms with Crippen LogP contribution in [0, 0.1) is 17.2 Å². The highest BCUT2D eigenvalue weighted by Gasteiger charge is 2.59. The first-order valence-electron chi connectivity index (χ1n) is 9.20. The van der Waals surface area contributed by atoms with Crippen molar-refractivity contribution in [2.24, 2.45) is 0 Å². The van der Waals surface area contributed by atoms with Gasteiger partial charge >= 0.3 is 0 Å². The Hall–Kier alpha value is -1.58. The number of ether oxygens (including phenoxy) is 2. The predicted octanol–water partition coefficient (Wildman–Crippen LogP) is -1.27. The number of aryl methyl sites for hydroxylation is 1. The Morgan fingerprint density at radius 1 is 1.04 bits per heavy atom. The summed E-state index contributed by atoms with van der Waals surface area (Å²) in [7, 11) is -4.94. The predicted molar refractivity (Wildman–Crippen MR) is 88.4 cm³/mol. The lowest BCUT2D eigenvalue weighted by Crippen LogP contribution is -2.68. The van der Waals surface area contributed by atoms with Crippen LogP contribution in [0.3, 0.4) is 0 Å². The fourth-order valence-electron chi connectivity index (χ4n) is 4.43. The molecular formula is C20H24ClNO6. The third-order valence-electron chi connectivity index (χ3n) is 5.16. The third kappa shape index (κ3) is 4.06. The molecule has 0 saturated heterocycles. The normalized spacial score (nSPS) is 21.4. The second-order valence-electron chi connectivity index (χ2n) is 6.87.